The molecule has 1 fully saturated rings. The molecule has 2 heterocycles. The second-order valence-electron chi connectivity index (χ2n) is 6.30. The minimum Gasteiger partial charge on any atom is -0.336 e. The van der Waals surface area contributed by atoms with Gasteiger partial charge in [0.25, 0.3) is 5.91 Å². The van der Waals surface area contributed by atoms with E-state index in [1.165, 1.54) is 0 Å². The van der Waals surface area contributed by atoms with Crippen molar-refractivity contribution in [2.45, 2.75) is 6.42 Å². The molecule has 0 unspecified atom stereocenters. The van der Waals surface area contributed by atoms with Gasteiger partial charge in [0.15, 0.2) is 5.69 Å². The molecule has 132 valence electrons. The highest BCUT2D eigenvalue weighted by Gasteiger charge is 2.26. The van der Waals surface area contributed by atoms with Crippen molar-refractivity contribution >= 4 is 5.91 Å². The molecule has 1 saturated heterocycles. The summed E-state index contributed by atoms with van der Waals surface area (Å²) in [5, 5.41) is 11.9. The minimum absolute atomic E-state index is 0.0604. The van der Waals surface area contributed by atoms with Crippen LogP contribution in [0.2, 0.25) is 0 Å². The molecule has 1 aromatic heterocycles. The highest BCUT2D eigenvalue weighted by molar-refractivity contribution is 5.98. The van der Waals surface area contributed by atoms with Crippen LogP contribution in [0, 0.1) is 0 Å². The summed E-state index contributed by atoms with van der Waals surface area (Å²) in [4.78, 5) is 15.0. The highest BCUT2D eigenvalue weighted by Crippen LogP contribution is 2.26. The Labute approximate surface area is 152 Å². The zero-order chi connectivity index (χ0) is 17.8. The standard InChI is InChI=1S/C20H21N5O/c26-20(24-14-7-12-21-13-15-24)18-19(16-8-3-1-4-9-16)25(23-22-18)17-10-5-2-6-11-17/h1-6,8-11,21H,7,12-15H2. The summed E-state index contributed by atoms with van der Waals surface area (Å²) in [5.41, 5.74) is 2.95. The first kappa shape index (κ1) is 16.5. The average molecular weight is 347 g/mol. The number of rotatable bonds is 3. The van der Waals surface area contributed by atoms with E-state index >= 15 is 0 Å². The summed E-state index contributed by atoms with van der Waals surface area (Å²) in [6.45, 7) is 3.16. The predicted molar refractivity (Wildman–Crippen MR) is 100 cm³/mol. The van der Waals surface area contributed by atoms with Crippen LogP contribution in [0.5, 0.6) is 0 Å². The van der Waals surface area contributed by atoms with Gasteiger partial charge in [0.1, 0.15) is 5.69 Å². The number of nitrogens with one attached hydrogen (secondary N) is 1. The number of para-hydroxylation sites is 1. The molecule has 6 nitrogen and oxygen atoms in total. The van der Waals surface area contributed by atoms with Crippen LogP contribution in [0.15, 0.2) is 60.7 Å². The molecule has 6 heteroatoms. The van der Waals surface area contributed by atoms with E-state index in [1.807, 2.05) is 65.6 Å². The van der Waals surface area contributed by atoms with Crippen molar-refractivity contribution in [3.63, 3.8) is 0 Å². The van der Waals surface area contributed by atoms with E-state index in [2.05, 4.69) is 15.6 Å². The third-order valence-corrected chi connectivity index (χ3v) is 4.55. The molecule has 1 N–H and O–H groups in total. The molecule has 26 heavy (non-hydrogen) atoms. The number of hydrogen-bond acceptors (Lipinski definition) is 4. The molecule has 0 aliphatic carbocycles. The van der Waals surface area contributed by atoms with Crippen molar-refractivity contribution in [3.05, 3.63) is 66.4 Å². The van der Waals surface area contributed by atoms with Crippen LogP contribution in [0.3, 0.4) is 0 Å². The fourth-order valence-electron chi connectivity index (χ4n) is 3.23. The third-order valence-electron chi connectivity index (χ3n) is 4.55. The lowest BCUT2D eigenvalue weighted by atomic mass is 10.1. The molecule has 0 bridgehead atoms. The molecule has 0 atom stereocenters. The molecule has 1 amide bonds. The number of carbonyl (C=O) groups is 1. The van der Waals surface area contributed by atoms with E-state index in [0.717, 1.165) is 43.0 Å². The fourth-order valence-corrected chi connectivity index (χ4v) is 3.23. The Hall–Kier alpha value is -2.99. The Balaban J connectivity index is 1.80. The largest absolute Gasteiger partial charge is 0.336 e. The average Bonchev–Trinajstić information content (AvgIpc) is 2.96. The predicted octanol–water partition coefficient (Wildman–Crippen LogP) is 2.37. The number of hydrogen-bond donors (Lipinski definition) is 1. The molecule has 3 aromatic rings. The Bertz CT molecular complexity index is 868. The maximum absolute atomic E-state index is 13.2. The van der Waals surface area contributed by atoms with Gasteiger partial charge >= 0.3 is 0 Å². The van der Waals surface area contributed by atoms with Gasteiger partial charge in [-0.2, -0.15) is 0 Å². The molecule has 1 aliphatic heterocycles. The molecule has 4 rings (SSSR count). The van der Waals surface area contributed by atoms with E-state index in [-0.39, 0.29) is 5.91 Å². The number of aromatic nitrogens is 3. The summed E-state index contributed by atoms with van der Waals surface area (Å²) in [7, 11) is 0. The van der Waals surface area contributed by atoms with Crippen LogP contribution < -0.4 is 5.32 Å². The second kappa shape index (κ2) is 7.49. The first-order chi connectivity index (χ1) is 12.8. The number of carbonyl (C=O) groups excluding carboxylic acids is 1. The minimum atomic E-state index is -0.0604. The zero-order valence-corrected chi connectivity index (χ0v) is 14.5. The van der Waals surface area contributed by atoms with Crippen LogP contribution in [-0.2, 0) is 0 Å². The summed E-state index contributed by atoms with van der Waals surface area (Å²) in [6, 6.07) is 19.6. The van der Waals surface area contributed by atoms with Gasteiger partial charge in [0.2, 0.25) is 0 Å². The Morgan fingerprint density at radius 2 is 1.65 bits per heavy atom. The molecular formula is C20H21N5O. The zero-order valence-electron chi connectivity index (χ0n) is 14.5. The van der Waals surface area contributed by atoms with E-state index in [1.54, 1.807) is 4.68 Å². The Morgan fingerprint density at radius 3 is 2.42 bits per heavy atom. The van der Waals surface area contributed by atoms with Gasteiger partial charge in [-0.3, -0.25) is 4.79 Å². The lowest BCUT2D eigenvalue weighted by Crippen LogP contribution is -2.34. The van der Waals surface area contributed by atoms with E-state index in [0.29, 0.717) is 12.2 Å². The van der Waals surface area contributed by atoms with Crippen molar-refractivity contribution in [2.24, 2.45) is 0 Å². The highest BCUT2D eigenvalue weighted by atomic mass is 16.2. The second-order valence-corrected chi connectivity index (χ2v) is 6.30. The molecule has 0 saturated carbocycles. The fraction of sp³-hybridized carbons (Fsp3) is 0.250. The van der Waals surface area contributed by atoms with Crippen molar-refractivity contribution in [1.82, 2.24) is 25.2 Å². The summed E-state index contributed by atoms with van der Waals surface area (Å²) < 4.78 is 1.75. The topological polar surface area (TPSA) is 63.1 Å². The van der Waals surface area contributed by atoms with Crippen molar-refractivity contribution in [2.75, 3.05) is 26.2 Å². The van der Waals surface area contributed by atoms with Crippen LogP contribution >= 0.6 is 0 Å². The number of benzene rings is 2. The molecule has 2 aromatic carbocycles. The van der Waals surface area contributed by atoms with E-state index in [9.17, 15) is 4.79 Å². The molecule has 1 aliphatic rings. The Morgan fingerprint density at radius 1 is 0.923 bits per heavy atom. The van der Waals surface area contributed by atoms with Crippen molar-refractivity contribution < 1.29 is 4.79 Å². The molecule has 0 spiro atoms. The smallest absolute Gasteiger partial charge is 0.276 e. The normalized spacial score (nSPS) is 14.8. The lowest BCUT2D eigenvalue weighted by Gasteiger charge is -2.19. The van der Waals surface area contributed by atoms with Crippen molar-refractivity contribution in [1.29, 1.82) is 0 Å². The first-order valence-corrected chi connectivity index (χ1v) is 8.91. The maximum atomic E-state index is 13.2. The van der Waals surface area contributed by atoms with Gasteiger partial charge in [-0.25, -0.2) is 4.68 Å². The van der Waals surface area contributed by atoms with Crippen LogP contribution in [0.4, 0.5) is 0 Å². The van der Waals surface area contributed by atoms with Gasteiger partial charge < -0.3 is 10.2 Å². The van der Waals surface area contributed by atoms with Crippen LogP contribution in [-0.4, -0.2) is 52.0 Å². The van der Waals surface area contributed by atoms with Gasteiger partial charge in [0.05, 0.1) is 5.69 Å². The van der Waals surface area contributed by atoms with Gasteiger partial charge in [0, 0.05) is 25.2 Å². The van der Waals surface area contributed by atoms with Gasteiger partial charge in [-0.05, 0) is 25.1 Å². The maximum Gasteiger partial charge on any atom is 0.276 e. The summed E-state index contributed by atoms with van der Waals surface area (Å²) >= 11 is 0. The molecule has 0 radical (unpaired) electrons. The van der Waals surface area contributed by atoms with Gasteiger partial charge in [-0.1, -0.05) is 53.7 Å². The van der Waals surface area contributed by atoms with E-state index in [4.69, 9.17) is 0 Å². The summed E-state index contributed by atoms with van der Waals surface area (Å²) in [6.07, 6.45) is 0.944. The van der Waals surface area contributed by atoms with E-state index < -0.39 is 0 Å². The Kier molecular flexibility index (Phi) is 4.75. The SMILES string of the molecule is O=C(c1nnn(-c2ccccc2)c1-c1ccccc1)N1CCCNCC1. The first-order valence-electron chi connectivity index (χ1n) is 8.91. The van der Waals surface area contributed by atoms with Crippen LogP contribution in [0.25, 0.3) is 16.9 Å². The number of amides is 1. The van der Waals surface area contributed by atoms with Crippen LogP contribution in [0.1, 0.15) is 16.9 Å². The lowest BCUT2D eigenvalue weighted by molar-refractivity contribution is 0.0761. The number of nitrogens with zero attached hydrogens (tertiary/aromatic N) is 4. The van der Waals surface area contributed by atoms with Crippen molar-refractivity contribution in [3.8, 4) is 16.9 Å². The third kappa shape index (κ3) is 3.23. The van der Waals surface area contributed by atoms with Gasteiger partial charge in [-0.15, -0.1) is 5.10 Å². The monoisotopic (exact) mass is 347 g/mol. The molecular weight excluding hydrogens is 326 g/mol. The quantitative estimate of drug-likeness (QED) is 0.790. The summed E-state index contributed by atoms with van der Waals surface area (Å²) in [5.74, 6) is -0.0604.